The van der Waals surface area contributed by atoms with Gasteiger partial charge >= 0.3 is 11.9 Å². The van der Waals surface area contributed by atoms with Gasteiger partial charge < -0.3 is 14.6 Å². The predicted molar refractivity (Wildman–Crippen MR) is 214 cm³/mol. The second kappa shape index (κ2) is 40.5. The average Bonchev–Trinajstić information content (AvgIpc) is 3.12. The Morgan fingerprint density at radius 3 is 1.20 bits per heavy atom. The Bertz CT molecular complexity index is 968. The summed E-state index contributed by atoms with van der Waals surface area (Å²) in [5, 5.41) is 9.56. The summed E-state index contributed by atoms with van der Waals surface area (Å²) in [5.41, 5.74) is 0. The minimum absolute atomic E-state index is 0.0830. The fourth-order valence-corrected chi connectivity index (χ4v) is 5.21. The molecule has 0 radical (unpaired) electrons. The summed E-state index contributed by atoms with van der Waals surface area (Å²) < 4.78 is 10.6. The Labute approximate surface area is 307 Å². The molecule has 5 heteroatoms. The summed E-state index contributed by atoms with van der Waals surface area (Å²) in [6.45, 7) is 3.88. The number of unbranched alkanes of at least 4 members (excludes halogenated alkanes) is 13. The number of allylic oxidation sites excluding steroid dienone is 14. The van der Waals surface area contributed by atoms with Gasteiger partial charge in [-0.2, -0.15) is 0 Å². The van der Waals surface area contributed by atoms with Crippen LogP contribution >= 0.6 is 0 Å². The van der Waals surface area contributed by atoms with E-state index in [1.54, 1.807) is 0 Å². The predicted octanol–water partition coefficient (Wildman–Crippen LogP) is 12.7. The number of aliphatic hydroxyl groups excluding tert-OH is 1. The van der Waals surface area contributed by atoms with Gasteiger partial charge in [0.2, 0.25) is 0 Å². The van der Waals surface area contributed by atoms with Crippen LogP contribution in [-0.4, -0.2) is 36.4 Å². The zero-order valence-corrected chi connectivity index (χ0v) is 32.1. The van der Waals surface area contributed by atoms with Crippen LogP contribution in [0.25, 0.3) is 0 Å². The summed E-state index contributed by atoms with van der Waals surface area (Å²) in [4.78, 5) is 24.3. The van der Waals surface area contributed by atoms with E-state index in [1.807, 2.05) is 0 Å². The first kappa shape index (κ1) is 47.1. The van der Waals surface area contributed by atoms with Crippen molar-refractivity contribution in [3.63, 3.8) is 0 Å². The van der Waals surface area contributed by atoms with Crippen molar-refractivity contribution in [3.8, 4) is 0 Å². The maximum atomic E-state index is 12.2. The Kier molecular flexibility index (Phi) is 38.1. The zero-order chi connectivity index (χ0) is 36.4. The zero-order valence-electron chi connectivity index (χ0n) is 32.1. The van der Waals surface area contributed by atoms with E-state index in [0.29, 0.717) is 12.8 Å². The molecule has 0 aromatic carbocycles. The summed E-state index contributed by atoms with van der Waals surface area (Å²) in [6.07, 6.45) is 55.0. The van der Waals surface area contributed by atoms with E-state index in [2.05, 4.69) is 98.9 Å². The maximum absolute atomic E-state index is 12.2. The number of hydrogen-bond acceptors (Lipinski definition) is 5. The van der Waals surface area contributed by atoms with Crippen LogP contribution in [0.2, 0.25) is 0 Å². The molecule has 0 bridgehead atoms. The molecular weight excluding hydrogens is 620 g/mol. The lowest BCUT2D eigenvalue weighted by molar-refractivity contribution is -0.161. The second-order valence-corrected chi connectivity index (χ2v) is 12.9. The van der Waals surface area contributed by atoms with E-state index in [4.69, 9.17) is 9.47 Å². The number of aliphatic hydroxyl groups is 1. The summed E-state index contributed by atoms with van der Waals surface area (Å²) >= 11 is 0. The Balaban J connectivity index is 3.62. The van der Waals surface area contributed by atoms with Crippen molar-refractivity contribution in [2.75, 3.05) is 13.2 Å². The number of carbonyl (C=O) groups excluding carboxylic acids is 2. The van der Waals surface area contributed by atoms with E-state index >= 15 is 0 Å². The van der Waals surface area contributed by atoms with Gasteiger partial charge in [-0.05, 0) is 83.5 Å². The molecule has 0 aliphatic heterocycles. The van der Waals surface area contributed by atoms with Gasteiger partial charge in [-0.25, -0.2) is 0 Å². The molecule has 50 heavy (non-hydrogen) atoms. The molecule has 0 amide bonds. The van der Waals surface area contributed by atoms with Crippen LogP contribution in [0.4, 0.5) is 0 Å². The lowest BCUT2D eigenvalue weighted by atomic mass is 10.1. The van der Waals surface area contributed by atoms with Gasteiger partial charge in [0, 0.05) is 12.8 Å². The number of rotatable bonds is 35. The highest BCUT2D eigenvalue weighted by Crippen LogP contribution is 2.12. The largest absolute Gasteiger partial charge is 0.462 e. The van der Waals surface area contributed by atoms with Gasteiger partial charge in [-0.1, -0.05) is 157 Å². The fraction of sp³-hybridized carbons (Fsp3) is 0.644. The molecule has 0 aromatic rings. The minimum atomic E-state index is -0.787. The molecular formula is C45H74O5. The first-order valence-electron chi connectivity index (χ1n) is 20.1. The molecule has 1 N–H and O–H groups in total. The van der Waals surface area contributed by atoms with Gasteiger partial charge in [0.15, 0.2) is 6.10 Å². The molecule has 0 heterocycles. The average molecular weight is 695 g/mol. The fourth-order valence-electron chi connectivity index (χ4n) is 5.21. The van der Waals surface area contributed by atoms with Crippen LogP contribution in [0.15, 0.2) is 85.1 Å². The lowest BCUT2D eigenvalue weighted by Gasteiger charge is -2.15. The normalized spacial score (nSPS) is 13.1. The molecule has 0 rings (SSSR count). The third-order valence-corrected chi connectivity index (χ3v) is 8.18. The quantitative estimate of drug-likeness (QED) is 0.0406. The van der Waals surface area contributed by atoms with Crippen molar-refractivity contribution in [1.29, 1.82) is 0 Å². The minimum Gasteiger partial charge on any atom is -0.462 e. The molecule has 0 saturated heterocycles. The molecule has 284 valence electrons. The SMILES string of the molecule is CC/C=C\C/C=C\C/C=C\C/C=C\CCCCCCCCCCC(=O)OC(CO)COC(=O)CCCCCCC/C=C\C/C=C\C/C=C\CC. The van der Waals surface area contributed by atoms with Crippen molar-refractivity contribution < 1.29 is 24.2 Å². The molecule has 0 saturated carbocycles. The van der Waals surface area contributed by atoms with Gasteiger partial charge in [-0.15, -0.1) is 0 Å². The van der Waals surface area contributed by atoms with Crippen molar-refractivity contribution in [1.82, 2.24) is 0 Å². The highest BCUT2D eigenvalue weighted by Gasteiger charge is 2.16. The van der Waals surface area contributed by atoms with Crippen molar-refractivity contribution in [2.24, 2.45) is 0 Å². The van der Waals surface area contributed by atoms with Gasteiger partial charge in [0.1, 0.15) is 6.61 Å². The highest BCUT2D eigenvalue weighted by molar-refractivity contribution is 5.70. The van der Waals surface area contributed by atoms with Gasteiger partial charge in [0.05, 0.1) is 6.61 Å². The molecule has 0 aliphatic carbocycles. The van der Waals surface area contributed by atoms with Gasteiger partial charge in [-0.3, -0.25) is 9.59 Å². The summed E-state index contributed by atoms with van der Waals surface area (Å²) in [6, 6.07) is 0. The third kappa shape index (κ3) is 37.9. The monoisotopic (exact) mass is 695 g/mol. The molecule has 0 aliphatic rings. The number of carbonyl (C=O) groups is 2. The highest BCUT2D eigenvalue weighted by atomic mass is 16.6. The van der Waals surface area contributed by atoms with Crippen LogP contribution in [0.5, 0.6) is 0 Å². The van der Waals surface area contributed by atoms with Crippen LogP contribution in [0, 0.1) is 0 Å². The Morgan fingerprint density at radius 2 is 0.800 bits per heavy atom. The second-order valence-electron chi connectivity index (χ2n) is 12.9. The maximum Gasteiger partial charge on any atom is 0.306 e. The number of ether oxygens (including phenoxy) is 2. The topological polar surface area (TPSA) is 72.8 Å². The summed E-state index contributed by atoms with van der Waals surface area (Å²) in [7, 11) is 0. The van der Waals surface area contributed by atoms with Crippen LogP contribution < -0.4 is 0 Å². The van der Waals surface area contributed by atoms with Crippen LogP contribution in [0.1, 0.15) is 168 Å². The van der Waals surface area contributed by atoms with E-state index in [1.165, 1.54) is 38.5 Å². The van der Waals surface area contributed by atoms with Crippen molar-refractivity contribution in [2.45, 2.75) is 174 Å². The Morgan fingerprint density at radius 1 is 0.460 bits per heavy atom. The van der Waals surface area contributed by atoms with Gasteiger partial charge in [0.25, 0.3) is 0 Å². The van der Waals surface area contributed by atoms with E-state index in [9.17, 15) is 14.7 Å². The van der Waals surface area contributed by atoms with E-state index in [0.717, 1.165) is 103 Å². The number of hydrogen-bond donors (Lipinski definition) is 1. The van der Waals surface area contributed by atoms with E-state index in [-0.39, 0.29) is 25.2 Å². The van der Waals surface area contributed by atoms with Crippen LogP contribution in [0.3, 0.4) is 0 Å². The first-order valence-corrected chi connectivity index (χ1v) is 20.1. The third-order valence-electron chi connectivity index (χ3n) is 8.18. The molecule has 0 spiro atoms. The molecule has 1 unspecified atom stereocenters. The van der Waals surface area contributed by atoms with E-state index < -0.39 is 6.10 Å². The smallest absolute Gasteiger partial charge is 0.306 e. The van der Waals surface area contributed by atoms with Crippen LogP contribution in [-0.2, 0) is 19.1 Å². The molecule has 0 fully saturated rings. The number of esters is 2. The summed E-state index contributed by atoms with van der Waals surface area (Å²) in [5.74, 6) is -0.627. The molecule has 1 atom stereocenters. The Hall–Kier alpha value is -2.92. The first-order chi connectivity index (χ1) is 24.6. The standard InChI is InChI=1S/C45H74O5/c1-3-5-7-9-11-13-15-17-19-20-21-22-23-24-26-28-30-32-34-36-38-40-45(48)50-43(41-46)42-49-44(47)39-37-35-33-31-29-27-25-18-16-14-12-10-8-6-4-2/h5-8,11-14,17-19,21-22,25,43,46H,3-4,9-10,15-16,20,23-24,26-42H2,1-2H3/b7-5-,8-6-,13-11-,14-12-,19-17-,22-21-,25-18-. The van der Waals surface area contributed by atoms with Crippen molar-refractivity contribution in [3.05, 3.63) is 85.1 Å². The molecule has 5 nitrogen and oxygen atoms in total. The lowest BCUT2D eigenvalue weighted by Crippen LogP contribution is -2.28. The van der Waals surface area contributed by atoms with Crippen molar-refractivity contribution >= 4 is 11.9 Å². The molecule has 0 aromatic heterocycles.